The molecule has 2 rings (SSSR count). The van der Waals surface area contributed by atoms with Gasteiger partial charge in [-0.2, -0.15) is 0 Å². The van der Waals surface area contributed by atoms with Crippen LogP contribution in [0.4, 0.5) is 0 Å². The molecule has 4 nitrogen and oxygen atoms in total. The van der Waals surface area contributed by atoms with Crippen molar-refractivity contribution < 1.29 is 8.42 Å². The van der Waals surface area contributed by atoms with Gasteiger partial charge in [-0.25, -0.2) is 13.1 Å². The number of sulfonamides is 1. The first-order valence-electron chi connectivity index (χ1n) is 7.34. The Bertz CT molecular complexity index is 638. The smallest absolute Gasteiger partial charge is 0.240 e. The maximum absolute atomic E-state index is 12.4. The highest BCUT2D eigenvalue weighted by atomic mass is 32.2. The van der Waals surface area contributed by atoms with Gasteiger partial charge in [-0.3, -0.25) is 0 Å². The van der Waals surface area contributed by atoms with Crippen molar-refractivity contribution in [3.63, 3.8) is 0 Å². The van der Waals surface area contributed by atoms with Crippen molar-refractivity contribution in [2.45, 2.75) is 43.5 Å². The summed E-state index contributed by atoms with van der Waals surface area (Å²) in [4.78, 5) is 0.260. The van der Waals surface area contributed by atoms with Crippen LogP contribution in [0.1, 0.15) is 38.2 Å². The Morgan fingerprint density at radius 2 is 2.10 bits per heavy atom. The molecule has 5 heteroatoms. The third-order valence-corrected chi connectivity index (χ3v) is 5.48. The van der Waals surface area contributed by atoms with Crippen LogP contribution in [0.15, 0.2) is 29.2 Å². The Hall–Kier alpha value is -1.35. The third-order valence-electron chi connectivity index (χ3n) is 3.93. The Balaban J connectivity index is 2.15. The molecule has 1 unspecified atom stereocenters. The fourth-order valence-electron chi connectivity index (χ4n) is 2.76. The summed E-state index contributed by atoms with van der Waals surface area (Å²) in [6.45, 7) is 2.21. The highest BCUT2D eigenvalue weighted by Crippen LogP contribution is 2.28. The van der Waals surface area contributed by atoms with Crippen LogP contribution < -0.4 is 10.5 Å². The largest absolute Gasteiger partial charge is 0.320 e. The van der Waals surface area contributed by atoms with Crippen molar-refractivity contribution in [3.8, 4) is 11.8 Å². The van der Waals surface area contributed by atoms with Crippen LogP contribution in [0, 0.1) is 17.8 Å². The Kier molecular flexibility index (Phi) is 5.40. The molecule has 0 amide bonds. The first kappa shape index (κ1) is 16.0. The zero-order valence-corrected chi connectivity index (χ0v) is 13.1. The molecule has 0 spiro atoms. The molecule has 0 radical (unpaired) electrons. The summed E-state index contributed by atoms with van der Waals surface area (Å²) in [6.07, 6.45) is 4.60. The summed E-state index contributed by atoms with van der Waals surface area (Å²) in [5.41, 5.74) is 6.00. The molecule has 114 valence electrons. The van der Waals surface area contributed by atoms with E-state index < -0.39 is 10.0 Å². The van der Waals surface area contributed by atoms with E-state index in [2.05, 4.69) is 16.6 Å². The van der Waals surface area contributed by atoms with E-state index in [9.17, 15) is 8.42 Å². The molecule has 1 aromatic rings. The van der Waals surface area contributed by atoms with Gasteiger partial charge in [-0.1, -0.05) is 30.7 Å². The summed E-state index contributed by atoms with van der Waals surface area (Å²) in [7, 11) is -3.49. The first-order valence-corrected chi connectivity index (χ1v) is 8.82. The predicted octanol–water partition coefficient (Wildman–Crippen LogP) is 1.85. The fraction of sp³-hybridized carbons (Fsp3) is 0.500. The molecular weight excluding hydrogens is 284 g/mol. The molecule has 0 aliphatic heterocycles. The Morgan fingerprint density at radius 1 is 1.38 bits per heavy atom. The number of hydrogen-bond donors (Lipinski definition) is 2. The van der Waals surface area contributed by atoms with Crippen LogP contribution in [-0.4, -0.2) is 21.0 Å². The van der Waals surface area contributed by atoms with E-state index in [0.29, 0.717) is 11.5 Å². The van der Waals surface area contributed by atoms with E-state index >= 15 is 0 Å². The number of benzene rings is 1. The lowest BCUT2D eigenvalue weighted by Gasteiger charge is -2.20. The minimum absolute atomic E-state index is 0.0312. The summed E-state index contributed by atoms with van der Waals surface area (Å²) in [5, 5.41) is 0. The summed E-state index contributed by atoms with van der Waals surface area (Å²) in [6, 6.07) is 6.64. The second kappa shape index (κ2) is 7.08. The number of hydrogen-bond acceptors (Lipinski definition) is 3. The zero-order valence-electron chi connectivity index (χ0n) is 12.3. The van der Waals surface area contributed by atoms with Gasteiger partial charge in [0.1, 0.15) is 0 Å². The molecule has 1 saturated carbocycles. The summed E-state index contributed by atoms with van der Waals surface area (Å²) >= 11 is 0. The Morgan fingerprint density at radius 3 is 2.76 bits per heavy atom. The van der Waals surface area contributed by atoms with Crippen molar-refractivity contribution in [2.75, 3.05) is 6.54 Å². The maximum Gasteiger partial charge on any atom is 0.240 e. The summed E-state index contributed by atoms with van der Waals surface area (Å²) in [5.74, 6) is 6.03. The third kappa shape index (κ3) is 4.31. The fourth-order valence-corrected chi connectivity index (χ4v) is 4.12. The second-order valence-corrected chi connectivity index (χ2v) is 7.20. The lowest BCUT2D eigenvalue weighted by molar-refractivity contribution is 0.424. The average molecular weight is 306 g/mol. The highest BCUT2D eigenvalue weighted by molar-refractivity contribution is 7.89. The molecule has 0 aromatic heterocycles. The topological polar surface area (TPSA) is 72.2 Å². The standard InChI is InChI=1S/C16H22N2O2S/c1-13(15-8-2-3-9-15)18-21(19,20)16-10-4-6-14(12-16)7-5-11-17/h4,6,10,12-13,15,18H,2-3,8-9,11,17H2,1H3. The molecule has 1 fully saturated rings. The van der Waals surface area contributed by atoms with Gasteiger partial charge in [-0.05, 0) is 43.9 Å². The quantitative estimate of drug-likeness (QED) is 0.834. The van der Waals surface area contributed by atoms with Crippen LogP contribution in [0.3, 0.4) is 0 Å². The van der Waals surface area contributed by atoms with Gasteiger partial charge >= 0.3 is 0 Å². The van der Waals surface area contributed by atoms with Gasteiger partial charge in [0.05, 0.1) is 11.4 Å². The van der Waals surface area contributed by atoms with Crippen molar-refractivity contribution in [3.05, 3.63) is 29.8 Å². The van der Waals surface area contributed by atoms with Crippen LogP contribution in [-0.2, 0) is 10.0 Å². The molecule has 1 aliphatic carbocycles. The van der Waals surface area contributed by atoms with Crippen molar-refractivity contribution in [2.24, 2.45) is 11.7 Å². The van der Waals surface area contributed by atoms with Crippen molar-refractivity contribution >= 4 is 10.0 Å². The lowest BCUT2D eigenvalue weighted by Crippen LogP contribution is -2.37. The molecule has 1 atom stereocenters. The Labute approximate surface area is 127 Å². The second-order valence-electron chi connectivity index (χ2n) is 5.49. The average Bonchev–Trinajstić information content (AvgIpc) is 2.99. The molecule has 1 aromatic carbocycles. The van der Waals surface area contributed by atoms with Gasteiger partial charge in [0.15, 0.2) is 0 Å². The van der Waals surface area contributed by atoms with Gasteiger partial charge in [-0.15, -0.1) is 0 Å². The van der Waals surface area contributed by atoms with Gasteiger partial charge in [0.2, 0.25) is 10.0 Å². The molecule has 21 heavy (non-hydrogen) atoms. The van der Waals surface area contributed by atoms with Crippen LogP contribution in [0.25, 0.3) is 0 Å². The monoisotopic (exact) mass is 306 g/mol. The number of nitrogens with one attached hydrogen (secondary N) is 1. The first-order chi connectivity index (χ1) is 10.0. The van der Waals surface area contributed by atoms with Gasteiger partial charge in [0, 0.05) is 11.6 Å². The molecule has 0 heterocycles. The van der Waals surface area contributed by atoms with Crippen LogP contribution in [0.5, 0.6) is 0 Å². The lowest BCUT2D eigenvalue weighted by atomic mass is 10.0. The minimum atomic E-state index is -3.49. The zero-order chi connectivity index (χ0) is 15.3. The molecular formula is C16H22N2O2S. The predicted molar refractivity (Wildman–Crippen MR) is 84.1 cm³/mol. The number of nitrogens with two attached hydrogens (primary N) is 1. The molecule has 1 aliphatic rings. The van der Waals surface area contributed by atoms with E-state index in [-0.39, 0.29) is 17.5 Å². The van der Waals surface area contributed by atoms with E-state index in [4.69, 9.17) is 5.73 Å². The highest BCUT2D eigenvalue weighted by Gasteiger charge is 2.26. The minimum Gasteiger partial charge on any atom is -0.320 e. The van der Waals surface area contributed by atoms with Gasteiger partial charge < -0.3 is 5.73 Å². The van der Waals surface area contributed by atoms with E-state index in [1.165, 1.54) is 12.8 Å². The van der Waals surface area contributed by atoms with Crippen LogP contribution >= 0.6 is 0 Å². The molecule has 0 saturated heterocycles. The maximum atomic E-state index is 12.4. The van der Waals surface area contributed by atoms with Crippen molar-refractivity contribution in [1.82, 2.24) is 4.72 Å². The van der Waals surface area contributed by atoms with Crippen molar-refractivity contribution in [1.29, 1.82) is 0 Å². The van der Waals surface area contributed by atoms with E-state index in [0.717, 1.165) is 12.8 Å². The van der Waals surface area contributed by atoms with E-state index in [1.54, 1.807) is 24.3 Å². The normalized spacial score (nSPS) is 17.2. The van der Waals surface area contributed by atoms with E-state index in [1.807, 2.05) is 6.92 Å². The molecule has 0 bridgehead atoms. The molecule has 3 N–H and O–H groups in total. The van der Waals surface area contributed by atoms with Gasteiger partial charge in [0.25, 0.3) is 0 Å². The summed E-state index contributed by atoms with van der Waals surface area (Å²) < 4.78 is 27.7. The SMILES string of the molecule is CC(NS(=O)(=O)c1cccc(C#CCN)c1)C1CCCC1. The number of rotatable bonds is 4. The van der Waals surface area contributed by atoms with Crippen LogP contribution in [0.2, 0.25) is 0 Å².